The maximum atomic E-state index is 12.2. The van der Waals surface area contributed by atoms with Crippen LogP contribution in [0.4, 0.5) is 0 Å². The molecule has 0 radical (unpaired) electrons. The number of hydrazone groups is 1. The van der Waals surface area contributed by atoms with E-state index >= 15 is 0 Å². The number of carbonyl (C=O) groups is 1. The van der Waals surface area contributed by atoms with Crippen LogP contribution in [0.5, 0.6) is 0 Å². The van der Waals surface area contributed by atoms with Gasteiger partial charge in [-0.3, -0.25) is 4.79 Å². The Kier molecular flexibility index (Phi) is 5.07. The molecule has 1 amide bonds. The molecule has 5 heteroatoms. The first-order valence-corrected chi connectivity index (χ1v) is 8.72. The zero-order chi connectivity index (χ0) is 18.7. The van der Waals surface area contributed by atoms with E-state index in [1.54, 1.807) is 6.21 Å². The van der Waals surface area contributed by atoms with Crippen LogP contribution >= 0.6 is 0 Å². The predicted octanol–water partition coefficient (Wildman–Crippen LogP) is 4.24. The normalized spacial score (nSPS) is 11.4. The molecule has 26 heavy (non-hydrogen) atoms. The van der Waals surface area contributed by atoms with E-state index in [0.29, 0.717) is 11.6 Å². The van der Waals surface area contributed by atoms with Gasteiger partial charge in [0.05, 0.1) is 6.21 Å². The van der Waals surface area contributed by atoms with E-state index in [1.165, 1.54) is 0 Å². The lowest BCUT2D eigenvalue weighted by Gasteiger charge is -2.10. The summed E-state index contributed by atoms with van der Waals surface area (Å²) in [5.41, 5.74) is 7.48. The van der Waals surface area contributed by atoms with Crippen molar-refractivity contribution in [3.8, 4) is 5.69 Å². The number of aromatic nitrogens is 2. The van der Waals surface area contributed by atoms with Crippen molar-refractivity contribution in [1.29, 1.82) is 0 Å². The van der Waals surface area contributed by atoms with Crippen LogP contribution in [0.2, 0.25) is 0 Å². The third kappa shape index (κ3) is 3.77. The minimum atomic E-state index is -0.225. The number of nitrogens with zero attached hydrogens (tertiary/aromatic N) is 3. The zero-order valence-electron chi connectivity index (χ0n) is 15.6. The van der Waals surface area contributed by atoms with Crippen molar-refractivity contribution in [3.05, 3.63) is 77.4 Å². The van der Waals surface area contributed by atoms with Crippen LogP contribution in [0.1, 0.15) is 47.2 Å². The number of nitrogens with one attached hydrogen (secondary N) is 1. The monoisotopic (exact) mass is 348 g/mol. The molecule has 0 aliphatic rings. The van der Waals surface area contributed by atoms with Crippen molar-refractivity contribution in [2.45, 2.75) is 33.7 Å². The van der Waals surface area contributed by atoms with Gasteiger partial charge >= 0.3 is 0 Å². The summed E-state index contributed by atoms with van der Waals surface area (Å²) >= 11 is 0. The first-order chi connectivity index (χ1) is 12.5. The highest BCUT2D eigenvalue weighted by molar-refractivity contribution is 5.95. The van der Waals surface area contributed by atoms with Gasteiger partial charge in [-0.25, -0.2) is 5.43 Å². The summed E-state index contributed by atoms with van der Waals surface area (Å²) in [4.78, 5) is 12.2. The fourth-order valence-electron chi connectivity index (χ4n) is 2.90. The van der Waals surface area contributed by atoms with Gasteiger partial charge in [0.2, 0.25) is 0 Å². The molecule has 1 N–H and O–H groups in total. The van der Waals surface area contributed by atoms with E-state index in [9.17, 15) is 4.79 Å². The third-order valence-electron chi connectivity index (χ3n) is 4.37. The summed E-state index contributed by atoms with van der Waals surface area (Å²) in [7, 11) is 0. The Morgan fingerprint density at radius 3 is 2.27 bits per heavy atom. The van der Waals surface area contributed by atoms with E-state index in [0.717, 1.165) is 22.6 Å². The smallest absolute Gasteiger partial charge is 0.271 e. The summed E-state index contributed by atoms with van der Waals surface area (Å²) < 4.78 is 4.24. The number of rotatable bonds is 5. The molecule has 5 nitrogen and oxygen atoms in total. The van der Waals surface area contributed by atoms with Gasteiger partial charge in [0, 0.05) is 46.6 Å². The van der Waals surface area contributed by atoms with Gasteiger partial charge < -0.3 is 9.13 Å². The van der Waals surface area contributed by atoms with E-state index in [4.69, 9.17) is 0 Å². The van der Waals surface area contributed by atoms with Gasteiger partial charge in [0.1, 0.15) is 0 Å². The van der Waals surface area contributed by atoms with Crippen LogP contribution in [0.25, 0.3) is 5.69 Å². The zero-order valence-corrected chi connectivity index (χ0v) is 15.6. The van der Waals surface area contributed by atoms with Crippen molar-refractivity contribution >= 4 is 12.1 Å². The topological polar surface area (TPSA) is 51.3 Å². The number of amides is 1. The van der Waals surface area contributed by atoms with E-state index < -0.39 is 0 Å². The molecule has 3 aromatic rings. The highest BCUT2D eigenvalue weighted by Gasteiger charge is 2.07. The minimum absolute atomic E-state index is 0.225. The molecule has 134 valence electrons. The Labute approximate surface area is 154 Å². The van der Waals surface area contributed by atoms with E-state index in [1.807, 2.05) is 42.7 Å². The predicted molar refractivity (Wildman–Crippen MR) is 105 cm³/mol. The standard InChI is InChI=1S/C21H24N4O/c1-15(2)24-12-11-18(14-24)13-22-23-21(26)19-7-9-20(10-8-19)25-16(3)5-6-17(25)4/h5-15H,1-4H3,(H,23,26)/b22-13-. The van der Waals surface area contributed by atoms with Gasteiger partial charge in [0.25, 0.3) is 5.91 Å². The lowest BCUT2D eigenvalue weighted by molar-refractivity contribution is 0.0955. The van der Waals surface area contributed by atoms with Gasteiger partial charge in [-0.1, -0.05) is 0 Å². The molecule has 0 saturated carbocycles. The second kappa shape index (κ2) is 7.44. The average Bonchev–Trinajstić information content (AvgIpc) is 3.22. The molecule has 0 unspecified atom stereocenters. The van der Waals surface area contributed by atoms with Crippen molar-refractivity contribution in [2.24, 2.45) is 5.10 Å². The molecule has 0 aliphatic carbocycles. The second-order valence-electron chi connectivity index (χ2n) is 6.68. The van der Waals surface area contributed by atoms with Crippen LogP contribution in [0.3, 0.4) is 0 Å². The Bertz CT molecular complexity index is 910. The van der Waals surface area contributed by atoms with Crippen molar-refractivity contribution in [2.75, 3.05) is 0 Å². The summed E-state index contributed by atoms with van der Waals surface area (Å²) in [6, 6.07) is 14.0. The fraction of sp³-hybridized carbons (Fsp3) is 0.238. The van der Waals surface area contributed by atoms with Crippen molar-refractivity contribution in [3.63, 3.8) is 0 Å². The van der Waals surface area contributed by atoms with Gasteiger partial charge in [-0.05, 0) is 70.2 Å². The van der Waals surface area contributed by atoms with Crippen molar-refractivity contribution in [1.82, 2.24) is 14.6 Å². The lowest BCUT2D eigenvalue weighted by Crippen LogP contribution is -2.17. The molecule has 2 aromatic heterocycles. The highest BCUT2D eigenvalue weighted by atomic mass is 16.2. The summed E-state index contributed by atoms with van der Waals surface area (Å²) in [6.45, 7) is 8.36. The molecular weight excluding hydrogens is 324 g/mol. The van der Waals surface area contributed by atoms with Gasteiger partial charge in [-0.15, -0.1) is 0 Å². The van der Waals surface area contributed by atoms with Gasteiger partial charge in [0.15, 0.2) is 0 Å². The SMILES string of the molecule is Cc1ccc(C)n1-c1ccc(C(=O)N/N=C\c2ccn(C(C)C)c2)cc1. The Hall–Kier alpha value is -3.08. The van der Waals surface area contributed by atoms with Crippen LogP contribution in [-0.2, 0) is 0 Å². The molecule has 1 aromatic carbocycles. The van der Waals surface area contributed by atoms with Crippen LogP contribution in [0, 0.1) is 13.8 Å². The Balaban J connectivity index is 1.65. The second-order valence-corrected chi connectivity index (χ2v) is 6.68. The molecule has 3 rings (SSSR count). The molecule has 0 saturated heterocycles. The number of hydrogen-bond acceptors (Lipinski definition) is 2. The summed E-state index contributed by atoms with van der Waals surface area (Å²) in [5, 5.41) is 4.05. The number of hydrogen-bond donors (Lipinski definition) is 1. The first kappa shape index (κ1) is 17.7. The fourth-order valence-corrected chi connectivity index (χ4v) is 2.90. The summed E-state index contributed by atoms with van der Waals surface area (Å²) in [5.74, 6) is -0.225. The molecule has 0 aliphatic heterocycles. The lowest BCUT2D eigenvalue weighted by atomic mass is 10.2. The minimum Gasteiger partial charge on any atom is -0.351 e. The third-order valence-corrected chi connectivity index (χ3v) is 4.37. The molecule has 0 fully saturated rings. The quantitative estimate of drug-likeness (QED) is 0.544. The van der Waals surface area contributed by atoms with Crippen LogP contribution in [-0.4, -0.2) is 21.3 Å². The number of aryl methyl sites for hydroxylation is 2. The largest absolute Gasteiger partial charge is 0.351 e. The average molecular weight is 348 g/mol. The van der Waals surface area contributed by atoms with Gasteiger partial charge in [-0.2, -0.15) is 5.10 Å². The summed E-state index contributed by atoms with van der Waals surface area (Å²) in [6.07, 6.45) is 5.65. The molecule has 2 heterocycles. The number of benzene rings is 1. The van der Waals surface area contributed by atoms with E-state index in [-0.39, 0.29) is 5.91 Å². The van der Waals surface area contributed by atoms with Crippen molar-refractivity contribution < 1.29 is 4.79 Å². The maximum absolute atomic E-state index is 12.2. The Morgan fingerprint density at radius 1 is 1.04 bits per heavy atom. The van der Waals surface area contributed by atoms with Crippen LogP contribution < -0.4 is 5.43 Å². The first-order valence-electron chi connectivity index (χ1n) is 8.72. The molecule has 0 spiro atoms. The molecule has 0 atom stereocenters. The molecule has 0 bridgehead atoms. The Morgan fingerprint density at radius 2 is 1.69 bits per heavy atom. The van der Waals surface area contributed by atoms with Crippen LogP contribution in [0.15, 0.2) is 60.0 Å². The maximum Gasteiger partial charge on any atom is 0.271 e. The molecular formula is C21H24N4O. The number of carbonyl (C=O) groups excluding carboxylic acids is 1. The van der Waals surface area contributed by atoms with E-state index in [2.05, 4.69) is 59.5 Å². The highest BCUT2D eigenvalue weighted by Crippen LogP contribution is 2.16.